The molecular weight excluding hydrogens is 184 g/mol. The number of piperidine rings is 1. The second-order valence-corrected chi connectivity index (χ2v) is 5.55. The summed E-state index contributed by atoms with van der Waals surface area (Å²) >= 11 is 0. The zero-order chi connectivity index (χ0) is 10.8. The first-order chi connectivity index (χ1) is 7.22. The van der Waals surface area contributed by atoms with E-state index in [2.05, 4.69) is 31.1 Å². The third kappa shape index (κ3) is 2.36. The largest absolute Gasteiger partial charge is 0.317 e. The molecule has 1 heterocycles. The van der Waals surface area contributed by atoms with Crippen molar-refractivity contribution in [3.05, 3.63) is 0 Å². The Morgan fingerprint density at radius 3 is 2.60 bits per heavy atom. The van der Waals surface area contributed by atoms with Crippen LogP contribution in [0.2, 0.25) is 0 Å². The Kier molecular flexibility index (Phi) is 3.68. The Morgan fingerprint density at radius 1 is 1.13 bits per heavy atom. The second-order valence-electron chi connectivity index (χ2n) is 5.55. The fourth-order valence-corrected chi connectivity index (χ4v) is 3.40. The fraction of sp³-hybridized carbons (Fsp3) is 1.00. The molecular formula is C13H26N2. The molecule has 1 saturated carbocycles. The molecule has 2 aliphatic rings. The van der Waals surface area contributed by atoms with Crippen molar-refractivity contribution in [3.8, 4) is 0 Å². The molecule has 0 aromatic heterocycles. The van der Waals surface area contributed by atoms with Gasteiger partial charge in [0, 0.05) is 18.1 Å². The van der Waals surface area contributed by atoms with Crippen molar-refractivity contribution in [3.63, 3.8) is 0 Å². The molecule has 15 heavy (non-hydrogen) atoms. The van der Waals surface area contributed by atoms with Gasteiger partial charge in [-0.2, -0.15) is 0 Å². The number of nitrogens with zero attached hydrogens (tertiary/aromatic N) is 1. The lowest BCUT2D eigenvalue weighted by molar-refractivity contribution is 0.0697. The van der Waals surface area contributed by atoms with Crippen LogP contribution in [0.1, 0.15) is 46.0 Å². The van der Waals surface area contributed by atoms with Crippen molar-refractivity contribution in [2.75, 3.05) is 13.6 Å². The number of hydrogen-bond acceptors (Lipinski definition) is 2. The van der Waals surface area contributed by atoms with E-state index < -0.39 is 0 Å². The van der Waals surface area contributed by atoms with Crippen molar-refractivity contribution in [2.24, 2.45) is 5.92 Å². The van der Waals surface area contributed by atoms with Crippen LogP contribution in [0.25, 0.3) is 0 Å². The number of hydrogen-bond donors (Lipinski definition) is 1. The minimum atomic E-state index is 0.777. The Balaban J connectivity index is 1.92. The zero-order valence-electron chi connectivity index (χ0n) is 10.5. The lowest BCUT2D eigenvalue weighted by atomic mass is 9.90. The standard InChI is InChI=1S/C13H26N2/c1-10-5-4-8-15(11(10)2)13-7-6-12(9-13)14-3/h10-14H,4-9H2,1-3H3. The molecule has 2 fully saturated rings. The molecule has 88 valence electrons. The highest BCUT2D eigenvalue weighted by molar-refractivity contribution is 4.90. The van der Waals surface area contributed by atoms with Gasteiger partial charge in [-0.1, -0.05) is 6.92 Å². The predicted octanol–water partition coefficient (Wildman–Crippen LogP) is 2.25. The molecule has 0 spiro atoms. The summed E-state index contributed by atoms with van der Waals surface area (Å²) in [5, 5.41) is 3.43. The predicted molar refractivity (Wildman–Crippen MR) is 65.1 cm³/mol. The average molecular weight is 210 g/mol. The van der Waals surface area contributed by atoms with E-state index in [0.29, 0.717) is 0 Å². The van der Waals surface area contributed by atoms with Gasteiger partial charge < -0.3 is 5.32 Å². The summed E-state index contributed by atoms with van der Waals surface area (Å²) < 4.78 is 0. The summed E-state index contributed by atoms with van der Waals surface area (Å²) in [6.45, 7) is 6.18. The van der Waals surface area contributed by atoms with E-state index in [1.807, 2.05) is 0 Å². The smallest absolute Gasteiger partial charge is 0.0114 e. The van der Waals surface area contributed by atoms with Gasteiger partial charge in [0.25, 0.3) is 0 Å². The Morgan fingerprint density at radius 2 is 1.93 bits per heavy atom. The molecule has 1 N–H and O–H groups in total. The van der Waals surface area contributed by atoms with Gasteiger partial charge in [-0.15, -0.1) is 0 Å². The quantitative estimate of drug-likeness (QED) is 0.752. The van der Waals surface area contributed by atoms with Crippen LogP contribution in [0.3, 0.4) is 0 Å². The van der Waals surface area contributed by atoms with Crippen LogP contribution in [0.4, 0.5) is 0 Å². The molecule has 2 rings (SSSR count). The van der Waals surface area contributed by atoms with E-state index >= 15 is 0 Å². The van der Waals surface area contributed by atoms with E-state index in [-0.39, 0.29) is 0 Å². The SMILES string of the molecule is CNC1CCC(N2CCCC(C)C2C)C1. The van der Waals surface area contributed by atoms with E-state index in [9.17, 15) is 0 Å². The van der Waals surface area contributed by atoms with E-state index in [1.54, 1.807) is 0 Å². The highest BCUT2D eigenvalue weighted by atomic mass is 15.2. The van der Waals surface area contributed by atoms with Crippen LogP contribution in [0.5, 0.6) is 0 Å². The summed E-state index contributed by atoms with van der Waals surface area (Å²) in [6.07, 6.45) is 6.99. The molecule has 0 radical (unpaired) electrons. The second kappa shape index (κ2) is 4.84. The van der Waals surface area contributed by atoms with Crippen LogP contribution in [-0.2, 0) is 0 Å². The molecule has 1 saturated heterocycles. The van der Waals surface area contributed by atoms with E-state index in [4.69, 9.17) is 0 Å². The first-order valence-corrected chi connectivity index (χ1v) is 6.65. The molecule has 2 nitrogen and oxygen atoms in total. The molecule has 1 aliphatic heterocycles. The normalized spacial score (nSPS) is 43.4. The maximum Gasteiger partial charge on any atom is 0.0114 e. The summed E-state index contributed by atoms with van der Waals surface area (Å²) in [4.78, 5) is 2.78. The van der Waals surface area contributed by atoms with Gasteiger partial charge in [-0.05, 0) is 58.5 Å². The Bertz CT molecular complexity index is 205. The molecule has 0 amide bonds. The average Bonchev–Trinajstić information content (AvgIpc) is 2.70. The number of likely N-dealkylation sites (tertiary alicyclic amines) is 1. The molecule has 1 aliphatic carbocycles. The Labute approximate surface area is 94.4 Å². The van der Waals surface area contributed by atoms with E-state index in [0.717, 1.165) is 24.0 Å². The molecule has 4 unspecified atom stereocenters. The first kappa shape index (κ1) is 11.4. The van der Waals surface area contributed by atoms with Gasteiger partial charge in [0.15, 0.2) is 0 Å². The maximum atomic E-state index is 3.43. The minimum absolute atomic E-state index is 0.777. The van der Waals surface area contributed by atoms with Gasteiger partial charge in [0.05, 0.1) is 0 Å². The van der Waals surface area contributed by atoms with Gasteiger partial charge in [0.1, 0.15) is 0 Å². The van der Waals surface area contributed by atoms with Crippen LogP contribution < -0.4 is 5.32 Å². The van der Waals surface area contributed by atoms with Crippen LogP contribution in [-0.4, -0.2) is 36.6 Å². The van der Waals surface area contributed by atoms with Crippen molar-refractivity contribution >= 4 is 0 Å². The maximum absolute atomic E-state index is 3.43. The lowest BCUT2D eigenvalue weighted by Crippen LogP contribution is -2.47. The molecule has 0 aromatic rings. The van der Waals surface area contributed by atoms with Crippen molar-refractivity contribution in [2.45, 2.75) is 64.1 Å². The van der Waals surface area contributed by atoms with Gasteiger partial charge in [-0.25, -0.2) is 0 Å². The highest BCUT2D eigenvalue weighted by Gasteiger charge is 2.34. The monoisotopic (exact) mass is 210 g/mol. The summed E-state index contributed by atoms with van der Waals surface area (Å²) in [7, 11) is 2.11. The summed E-state index contributed by atoms with van der Waals surface area (Å²) in [5.74, 6) is 0.896. The van der Waals surface area contributed by atoms with Crippen molar-refractivity contribution in [1.82, 2.24) is 10.2 Å². The van der Waals surface area contributed by atoms with Crippen molar-refractivity contribution < 1.29 is 0 Å². The topological polar surface area (TPSA) is 15.3 Å². The summed E-state index contributed by atoms with van der Waals surface area (Å²) in [6, 6.07) is 2.44. The molecule has 0 bridgehead atoms. The number of nitrogens with one attached hydrogen (secondary N) is 1. The van der Waals surface area contributed by atoms with Gasteiger partial charge in [0.2, 0.25) is 0 Å². The third-order valence-corrected chi connectivity index (χ3v) is 4.70. The van der Waals surface area contributed by atoms with Crippen LogP contribution in [0, 0.1) is 5.92 Å². The third-order valence-electron chi connectivity index (χ3n) is 4.70. The lowest BCUT2D eigenvalue weighted by Gasteiger charge is -2.41. The van der Waals surface area contributed by atoms with Crippen LogP contribution >= 0.6 is 0 Å². The fourth-order valence-electron chi connectivity index (χ4n) is 3.40. The Hall–Kier alpha value is -0.0800. The van der Waals surface area contributed by atoms with Gasteiger partial charge >= 0.3 is 0 Å². The molecule has 0 aromatic carbocycles. The summed E-state index contributed by atoms with van der Waals surface area (Å²) in [5.41, 5.74) is 0. The molecule has 2 heteroatoms. The minimum Gasteiger partial charge on any atom is -0.317 e. The molecule has 4 atom stereocenters. The van der Waals surface area contributed by atoms with Crippen molar-refractivity contribution in [1.29, 1.82) is 0 Å². The highest BCUT2D eigenvalue weighted by Crippen LogP contribution is 2.31. The number of rotatable bonds is 2. The zero-order valence-corrected chi connectivity index (χ0v) is 10.5. The van der Waals surface area contributed by atoms with E-state index in [1.165, 1.54) is 38.6 Å². The van der Waals surface area contributed by atoms with Gasteiger partial charge in [-0.3, -0.25) is 4.90 Å². The first-order valence-electron chi connectivity index (χ1n) is 6.65. The van der Waals surface area contributed by atoms with Crippen LogP contribution in [0.15, 0.2) is 0 Å².